The minimum atomic E-state index is -3.87. The first-order valence-electron chi connectivity index (χ1n) is 9.29. The lowest BCUT2D eigenvalue weighted by Crippen LogP contribution is -2.23. The van der Waals surface area contributed by atoms with E-state index in [1.807, 2.05) is 6.92 Å². The first-order valence-corrected chi connectivity index (χ1v) is 12.3. The number of nitrogens with one attached hydrogen (secondary N) is 1. The van der Waals surface area contributed by atoms with Crippen molar-refractivity contribution in [2.24, 2.45) is 5.14 Å². The van der Waals surface area contributed by atoms with Gasteiger partial charge >= 0.3 is 0 Å². The molecule has 0 bridgehead atoms. The fourth-order valence-electron chi connectivity index (χ4n) is 2.69. The largest absolute Gasteiger partial charge is 0.494 e. The first kappa shape index (κ1) is 22.8. The van der Waals surface area contributed by atoms with Crippen LogP contribution in [0.4, 0.5) is 0 Å². The molecule has 8 nitrogen and oxygen atoms in total. The number of nitrogens with two attached hydrogens (primary N) is 1. The second-order valence-corrected chi connectivity index (χ2v) is 9.82. The normalized spacial score (nSPS) is 11.8. The summed E-state index contributed by atoms with van der Waals surface area (Å²) >= 11 is 0. The maximum atomic E-state index is 12.5. The summed E-state index contributed by atoms with van der Waals surface area (Å²) in [6.07, 6.45) is 0. The maximum absolute atomic E-state index is 12.5. The molecule has 0 radical (unpaired) electrons. The van der Waals surface area contributed by atoms with Gasteiger partial charge in [0.25, 0.3) is 0 Å². The van der Waals surface area contributed by atoms with Crippen LogP contribution in [0.3, 0.4) is 0 Å². The van der Waals surface area contributed by atoms with Gasteiger partial charge in [-0.1, -0.05) is 12.1 Å². The van der Waals surface area contributed by atoms with Crippen molar-refractivity contribution >= 4 is 20.0 Å². The summed E-state index contributed by atoms with van der Waals surface area (Å²) in [4.78, 5) is -0.0332. The summed E-state index contributed by atoms with van der Waals surface area (Å²) in [5, 5.41) is 5.10. The summed E-state index contributed by atoms with van der Waals surface area (Å²) in [7, 11) is -7.68. The van der Waals surface area contributed by atoms with Crippen LogP contribution in [0.5, 0.6) is 17.2 Å². The fraction of sp³-hybridized carbons (Fsp3) is 0.143. The van der Waals surface area contributed by atoms with E-state index in [9.17, 15) is 16.8 Å². The van der Waals surface area contributed by atoms with Crippen LogP contribution in [0.2, 0.25) is 0 Å². The Morgan fingerprint density at radius 2 is 1.39 bits per heavy atom. The molecule has 31 heavy (non-hydrogen) atoms. The topological polar surface area (TPSA) is 125 Å². The smallest absolute Gasteiger partial charge is 0.240 e. The molecule has 0 aliphatic heterocycles. The summed E-state index contributed by atoms with van der Waals surface area (Å²) < 4.78 is 61.5. The van der Waals surface area contributed by atoms with Crippen molar-refractivity contribution in [3.63, 3.8) is 0 Å². The number of primary sulfonamides is 1. The van der Waals surface area contributed by atoms with Gasteiger partial charge in [-0.25, -0.2) is 26.7 Å². The minimum absolute atomic E-state index is 0.0501. The van der Waals surface area contributed by atoms with E-state index in [4.69, 9.17) is 14.6 Å². The zero-order valence-electron chi connectivity index (χ0n) is 16.7. The van der Waals surface area contributed by atoms with Crippen LogP contribution in [0.1, 0.15) is 12.5 Å². The van der Waals surface area contributed by atoms with Gasteiger partial charge in [-0.05, 0) is 73.2 Å². The number of sulfonamides is 2. The van der Waals surface area contributed by atoms with Gasteiger partial charge in [0.15, 0.2) is 0 Å². The van der Waals surface area contributed by atoms with Crippen LogP contribution in [-0.2, 0) is 26.6 Å². The summed E-state index contributed by atoms with van der Waals surface area (Å²) in [5.41, 5.74) is 0.463. The summed E-state index contributed by atoms with van der Waals surface area (Å²) in [5.74, 6) is 1.80. The molecule has 0 atom stereocenters. The minimum Gasteiger partial charge on any atom is -0.494 e. The zero-order chi connectivity index (χ0) is 22.5. The highest BCUT2D eigenvalue weighted by Gasteiger charge is 2.15. The highest BCUT2D eigenvalue weighted by molar-refractivity contribution is 7.89. The van der Waals surface area contributed by atoms with Crippen molar-refractivity contribution in [3.05, 3.63) is 78.4 Å². The lowest BCUT2D eigenvalue weighted by Gasteiger charge is -2.10. The molecule has 0 saturated heterocycles. The van der Waals surface area contributed by atoms with Gasteiger partial charge in [0.05, 0.1) is 16.4 Å². The molecule has 3 rings (SSSR count). The van der Waals surface area contributed by atoms with Crippen molar-refractivity contribution in [1.29, 1.82) is 0 Å². The van der Waals surface area contributed by atoms with Crippen molar-refractivity contribution in [2.45, 2.75) is 23.3 Å². The molecule has 0 aromatic heterocycles. The van der Waals surface area contributed by atoms with Gasteiger partial charge in [0, 0.05) is 6.54 Å². The third-order valence-electron chi connectivity index (χ3n) is 4.20. The second kappa shape index (κ2) is 9.48. The Bertz CT molecular complexity index is 1240. The monoisotopic (exact) mass is 462 g/mol. The zero-order valence-corrected chi connectivity index (χ0v) is 18.3. The van der Waals surface area contributed by atoms with Gasteiger partial charge < -0.3 is 9.47 Å². The number of ether oxygens (including phenoxy) is 2. The molecule has 0 heterocycles. The predicted molar refractivity (Wildman–Crippen MR) is 116 cm³/mol. The first-order chi connectivity index (χ1) is 14.7. The average molecular weight is 463 g/mol. The summed E-state index contributed by atoms with van der Waals surface area (Å²) in [6, 6.07) is 18.8. The molecule has 0 aliphatic rings. The van der Waals surface area contributed by atoms with E-state index in [1.165, 1.54) is 30.3 Å². The molecule has 0 fully saturated rings. The quantitative estimate of drug-likeness (QED) is 0.504. The Labute approximate surface area is 181 Å². The second-order valence-electron chi connectivity index (χ2n) is 6.49. The predicted octanol–water partition coefficient (Wildman–Crippen LogP) is 3.00. The van der Waals surface area contributed by atoms with E-state index in [0.29, 0.717) is 23.7 Å². The van der Waals surface area contributed by atoms with Crippen molar-refractivity contribution in [2.75, 3.05) is 6.61 Å². The number of rotatable bonds is 9. The Hall–Kier alpha value is -2.92. The fourth-order valence-corrected chi connectivity index (χ4v) is 4.29. The lowest BCUT2D eigenvalue weighted by molar-refractivity contribution is 0.339. The Morgan fingerprint density at radius 3 is 1.97 bits per heavy atom. The van der Waals surface area contributed by atoms with Crippen molar-refractivity contribution in [1.82, 2.24) is 4.72 Å². The SMILES string of the molecule is CCOc1ccc(Oc2ccc(S(=O)(=O)NCc3cccc(S(N)(=O)=O)c3)cc2)cc1. The van der Waals surface area contributed by atoms with E-state index < -0.39 is 20.0 Å². The molecule has 10 heteroatoms. The van der Waals surface area contributed by atoms with E-state index in [1.54, 1.807) is 42.5 Å². The molecule has 164 valence electrons. The van der Waals surface area contributed by atoms with E-state index >= 15 is 0 Å². The lowest BCUT2D eigenvalue weighted by atomic mass is 10.2. The molecule has 3 N–H and O–H groups in total. The molecule has 3 aromatic carbocycles. The highest BCUT2D eigenvalue weighted by Crippen LogP contribution is 2.25. The van der Waals surface area contributed by atoms with Crippen molar-refractivity contribution < 1.29 is 26.3 Å². The molecular weight excluding hydrogens is 440 g/mol. The van der Waals surface area contributed by atoms with Crippen LogP contribution >= 0.6 is 0 Å². The Kier molecular flexibility index (Phi) is 6.96. The number of benzene rings is 3. The Morgan fingerprint density at radius 1 is 0.806 bits per heavy atom. The number of hydrogen-bond acceptors (Lipinski definition) is 6. The third-order valence-corrected chi connectivity index (χ3v) is 6.53. The maximum Gasteiger partial charge on any atom is 0.240 e. The van der Waals surface area contributed by atoms with Crippen LogP contribution in [0.25, 0.3) is 0 Å². The molecule has 0 amide bonds. The van der Waals surface area contributed by atoms with E-state index in [-0.39, 0.29) is 16.3 Å². The van der Waals surface area contributed by atoms with Gasteiger partial charge in [0.2, 0.25) is 20.0 Å². The van der Waals surface area contributed by atoms with Gasteiger partial charge in [0.1, 0.15) is 17.2 Å². The standard InChI is InChI=1S/C21H22N2O6S2/c1-2-28-17-6-8-18(9-7-17)29-19-10-12-20(13-11-19)31(26,27)23-15-16-4-3-5-21(14-16)30(22,24)25/h3-14,23H,2,15H2,1H3,(H2,22,24,25). The highest BCUT2D eigenvalue weighted by atomic mass is 32.2. The van der Waals surface area contributed by atoms with E-state index in [0.717, 1.165) is 5.75 Å². The summed E-state index contributed by atoms with van der Waals surface area (Å²) in [6.45, 7) is 2.38. The Balaban J connectivity index is 1.65. The molecule has 0 saturated carbocycles. The van der Waals surface area contributed by atoms with E-state index in [2.05, 4.69) is 4.72 Å². The number of hydrogen-bond donors (Lipinski definition) is 2. The van der Waals surface area contributed by atoms with Gasteiger partial charge in [-0.3, -0.25) is 0 Å². The average Bonchev–Trinajstić information content (AvgIpc) is 2.74. The van der Waals surface area contributed by atoms with Gasteiger partial charge in [-0.15, -0.1) is 0 Å². The van der Waals surface area contributed by atoms with Gasteiger partial charge in [-0.2, -0.15) is 0 Å². The van der Waals surface area contributed by atoms with Crippen LogP contribution in [0.15, 0.2) is 82.6 Å². The molecule has 0 unspecified atom stereocenters. The van der Waals surface area contributed by atoms with Crippen LogP contribution in [-0.4, -0.2) is 23.4 Å². The molecule has 3 aromatic rings. The van der Waals surface area contributed by atoms with Crippen LogP contribution < -0.4 is 19.3 Å². The molecular formula is C21H22N2O6S2. The van der Waals surface area contributed by atoms with Crippen LogP contribution in [0, 0.1) is 0 Å². The van der Waals surface area contributed by atoms with Crippen molar-refractivity contribution in [3.8, 4) is 17.2 Å². The molecule has 0 spiro atoms. The third kappa shape index (κ3) is 6.28. The molecule has 0 aliphatic carbocycles.